The Morgan fingerprint density at radius 1 is 0.964 bits per heavy atom. The fraction of sp³-hybridized carbons (Fsp3) is 0.300. The van der Waals surface area contributed by atoms with Crippen molar-refractivity contribution < 1.29 is 22.4 Å². The van der Waals surface area contributed by atoms with Crippen LogP contribution >= 0.6 is 0 Å². The maximum Gasteiger partial charge on any atom is 0.256 e. The first kappa shape index (κ1) is 20.2. The zero-order valence-corrected chi connectivity index (χ0v) is 16.3. The van der Waals surface area contributed by atoms with E-state index in [4.69, 9.17) is 0 Å². The largest absolute Gasteiger partial charge is 0.337 e. The number of rotatable bonds is 4. The normalized spacial score (nSPS) is 15.9. The number of carbonyl (C=O) groups is 2. The number of hydrogen-bond acceptors (Lipinski definition) is 4. The molecule has 0 atom stereocenters. The molecule has 0 unspecified atom stereocenters. The number of halogens is 1. The van der Waals surface area contributed by atoms with Gasteiger partial charge in [0.25, 0.3) is 5.91 Å². The van der Waals surface area contributed by atoms with Gasteiger partial charge in [0.2, 0.25) is 10.0 Å². The molecule has 1 saturated heterocycles. The number of sulfonamides is 1. The lowest BCUT2D eigenvalue weighted by molar-refractivity contribution is 0.0759. The summed E-state index contributed by atoms with van der Waals surface area (Å²) in [6.45, 7) is 2.23. The predicted molar refractivity (Wildman–Crippen MR) is 102 cm³/mol. The van der Waals surface area contributed by atoms with Gasteiger partial charge in [-0.05, 0) is 37.6 Å². The average molecular weight is 404 g/mol. The first-order valence-corrected chi connectivity index (χ1v) is 10.4. The van der Waals surface area contributed by atoms with Crippen molar-refractivity contribution in [3.8, 4) is 0 Å². The minimum absolute atomic E-state index is 0.0204. The summed E-state index contributed by atoms with van der Waals surface area (Å²) in [5, 5.41) is 0. The Labute approximate surface area is 163 Å². The van der Waals surface area contributed by atoms with Gasteiger partial charge in [0.1, 0.15) is 5.82 Å². The quantitative estimate of drug-likeness (QED) is 0.734. The van der Waals surface area contributed by atoms with Crippen LogP contribution in [0, 0.1) is 5.82 Å². The molecule has 1 aliphatic heterocycles. The zero-order chi connectivity index (χ0) is 20.3. The lowest BCUT2D eigenvalue weighted by Gasteiger charge is -2.22. The van der Waals surface area contributed by atoms with Gasteiger partial charge in [-0.3, -0.25) is 9.59 Å². The van der Waals surface area contributed by atoms with Crippen molar-refractivity contribution >= 4 is 21.7 Å². The molecule has 0 aromatic heterocycles. The SMILES string of the molecule is CC(=O)c1cccc(S(=O)(=O)N2CCCN(C(=O)c3ccccc3F)CC2)c1. The van der Waals surface area contributed by atoms with Gasteiger partial charge < -0.3 is 4.90 Å². The maximum absolute atomic E-state index is 13.9. The summed E-state index contributed by atoms with van der Waals surface area (Å²) in [5.41, 5.74) is 0.306. The minimum Gasteiger partial charge on any atom is -0.337 e. The molecule has 2 aromatic rings. The van der Waals surface area contributed by atoms with Crippen molar-refractivity contribution in [2.24, 2.45) is 0 Å². The molecule has 0 N–H and O–H groups in total. The Balaban J connectivity index is 1.78. The second-order valence-electron chi connectivity index (χ2n) is 6.61. The van der Waals surface area contributed by atoms with Crippen LogP contribution in [0.5, 0.6) is 0 Å². The van der Waals surface area contributed by atoms with Crippen LogP contribution in [0.4, 0.5) is 4.39 Å². The molecule has 1 fully saturated rings. The number of ketones is 1. The molecular weight excluding hydrogens is 383 g/mol. The third kappa shape index (κ3) is 4.13. The van der Waals surface area contributed by atoms with Gasteiger partial charge in [-0.15, -0.1) is 0 Å². The lowest BCUT2D eigenvalue weighted by atomic mass is 10.2. The third-order valence-electron chi connectivity index (χ3n) is 4.72. The molecule has 1 heterocycles. The summed E-state index contributed by atoms with van der Waals surface area (Å²) in [7, 11) is -3.79. The highest BCUT2D eigenvalue weighted by atomic mass is 32.2. The van der Waals surface area contributed by atoms with Crippen molar-refractivity contribution in [2.75, 3.05) is 26.2 Å². The second-order valence-corrected chi connectivity index (χ2v) is 8.55. The molecule has 0 bridgehead atoms. The number of carbonyl (C=O) groups excluding carboxylic acids is 2. The van der Waals surface area contributed by atoms with Gasteiger partial charge in [-0.25, -0.2) is 12.8 Å². The molecular formula is C20H21FN2O4S. The molecule has 28 heavy (non-hydrogen) atoms. The molecule has 1 amide bonds. The fourth-order valence-electron chi connectivity index (χ4n) is 3.17. The highest BCUT2D eigenvalue weighted by molar-refractivity contribution is 7.89. The molecule has 0 aliphatic carbocycles. The highest BCUT2D eigenvalue weighted by Gasteiger charge is 2.29. The van der Waals surface area contributed by atoms with Crippen molar-refractivity contribution in [1.82, 2.24) is 9.21 Å². The van der Waals surface area contributed by atoms with E-state index in [0.717, 1.165) is 0 Å². The summed E-state index contributed by atoms with van der Waals surface area (Å²) >= 11 is 0. The van der Waals surface area contributed by atoms with E-state index < -0.39 is 21.7 Å². The average Bonchev–Trinajstić information content (AvgIpc) is 2.95. The fourth-order valence-corrected chi connectivity index (χ4v) is 4.68. The van der Waals surface area contributed by atoms with E-state index in [-0.39, 0.29) is 35.9 Å². The zero-order valence-electron chi connectivity index (χ0n) is 15.5. The Morgan fingerprint density at radius 2 is 1.71 bits per heavy atom. The second kappa shape index (κ2) is 8.20. The molecule has 1 aliphatic rings. The van der Waals surface area contributed by atoms with Crippen LogP contribution < -0.4 is 0 Å². The number of hydrogen-bond donors (Lipinski definition) is 0. The summed E-state index contributed by atoms with van der Waals surface area (Å²) < 4.78 is 41.1. The molecule has 0 radical (unpaired) electrons. The van der Waals surface area contributed by atoms with E-state index >= 15 is 0 Å². The van der Waals surface area contributed by atoms with Crippen LogP contribution in [0.2, 0.25) is 0 Å². The van der Waals surface area contributed by atoms with Gasteiger partial charge in [-0.2, -0.15) is 4.31 Å². The predicted octanol–water partition coefficient (Wildman–Crippen LogP) is 2.57. The summed E-state index contributed by atoms with van der Waals surface area (Å²) in [6.07, 6.45) is 0.436. The van der Waals surface area contributed by atoms with Crippen molar-refractivity contribution in [1.29, 1.82) is 0 Å². The molecule has 0 spiro atoms. The van der Waals surface area contributed by atoms with E-state index in [2.05, 4.69) is 0 Å². The molecule has 148 valence electrons. The molecule has 6 nitrogen and oxygen atoms in total. The maximum atomic E-state index is 13.9. The lowest BCUT2D eigenvalue weighted by Crippen LogP contribution is -2.37. The van der Waals surface area contributed by atoms with Crippen LogP contribution in [-0.4, -0.2) is 55.5 Å². The van der Waals surface area contributed by atoms with Crippen molar-refractivity contribution in [3.63, 3.8) is 0 Å². The molecule has 8 heteroatoms. The van der Waals surface area contributed by atoms with Crippen LogP contribution in [0.1, 0.15) is 34.1 Å². The van der Waals surface area contributed by atoms with Gasteiger partial charge in [0, 0.05) is 31.7 Å². The Kier molecular flexibility index (Phi) is 5.90. The Hall–Kier alpha value is -2.58. The highest BCUT2D eigenvalue weighted by Crippen LogP contribution is 2.20. The van der Waals surface area contributed by atoms with E-state index in [1.807, 2.05) is 0 Å². The van der Waals surface area contributed by atoms with E-state index in [1.54, 1.807) is 12.1 Å². The van der Waals surface area contributed by atoms with E-state index in [9.17, 15) is 22.4 Å². The number of Topliss-reactive ketones (excluding diaryl/α,β-unsaturated/α-hetero) is 1. The molecule has 0 saturated carbocycles. The number of amides is 1. The topological polar surface area (TPSA) is 74.8 Å². The Morgan fingerprint density at radius 3 is 2.43 bits per heavy atom. The first-order valence-electron chi connectivity index (χ1n) is 8.95. The first-order chi connectivity index (χ1) is 13.3. The van der Waals surface area contributed by atoms with Crippen LogP contribution in [0.25, 0.3) is 0 Å². The summed E-state index contributed by atoms with van der Waals surface area (Å²) in [4.78, 5) is 25.7. The van der Waals surface area contributed by atoms with Gasteiger partial charge in [0.15, 0.2) is 5.78 Å². The van der Waals surface area contributed by atoms with E-state index in [0.29, 0.717) is 18.5 Å². The molecule has 3 rings (SSSR count). The van der Waals surface area contributed by atoms with Crippen LogP contribution in [0.15, 0.2) is 53.4 Å². The number of nitrogens with zero attached hydrogens (tertiary/aromatic N) is 2. The summed E-state index contributed by atoms with van der Waals surface area (Å²) in [6, 6.07) is 11.7. The monoisotopic (exact) mass is 404 g/mol. The number of benzene rings is 2. The van der Waals surface area contributed by atoms with Crippen LogP contribution in [0.3, 0.4) is 0 Å². The van der Waals surface area contributed by atoms with Gasteiger partial charge in [0.05, 0.1) is 10.5 Å². The molecule has 2 aromatic carbocycles. The van der Waals surface area contributed by atoms with Gasteiger partial charge in [-0.1, -0.05) is 24.3 Å². The van der Waals surface area contributed by atoms with Gasteiger partial charge >= 0.3 is 0 Å². The van der Waals surface area contributed by atoms with E-state index in [1.165, 1.54) is 52.5 Å². The summed E-state index contributed by atoms with van der Waals surface area (Å²) in [5.74, 6) is -1.26. The van der Waals surface area contributed by atoms with Crippen molar-refractivity contribution in [3.05, 3.63) is 65.5 Å². The Bertz CT molecular complexity index is 1010. The third-order valence-corrected chi connectivity index (χ3v) is 6.62. The minimum atomic E-state index is -3.79. The van der Waals surface area contributed by atoms with Crippen molar-refractivity contribution in [2.45, 2.75) is 18.2 Å². The standard InChI is InChI=1S/C20H21FN2O4S/c1-15(24)16-6-4-7-17(14-16)28(26,27)23-11-5-10-22(12-13-23)20(25)18-8-2-3-9-19(18)21/h2-4,6-9,14H,5,10-13H2,1H3. The smallest absolute Gasteiger partial charge is 0.256 e. The van der Waals surface area contributed by atoms with Crippen LogP contribution in [-0.2, 0) is 10.0 Å².